The zero-order chi connectivity index (χ0) is 20.2. The Bertz CT molecular complexity index is 719. The molecule has 30 heavy (non-hydrogen) atoms. The van der Waals surface area contributed by atoms with Gasteiger partial charge in [0.2, 0.25) is 5.95 Å². The Morgan fingerprint density at radius 1 is 1.00 bits per heavy atom. The zero-order valence-corrected chi connectivity index (χ0v) is 20.2. The zero-order valence-electron chi connectivity index (χ0n) is 17.8. The number of aliphatic imine (C=N–C) groups is 1. The van der Waals surface area contributed by atoms with E-state index >= 15 is 0 Å². The number of nitrogens with zero attached hydrogens (tertiary/aromatic N) is 5. The number of aryl methyl sites for hydroxylation is 1. The summed E-state index contributed by atoms with van der Waals surface area (Å²) in [6, 6.07) is 12.5. The molecule has 1 aliphatic rings. The first kappa shape index (κ1) is 24.3. The van der Waals surface area contributed by atoms with Gasteiger partial charge in [-0.1, -0.05) is 30.3 Å². The van der Waals surface area contributed by atoms with Gasteiger partial charge in [0.1, 0.15) is 0 Å². The number of benzene rings is 1. The van der Waals surface area contributed by atoms with Crippen LogP contribution < -0.4 is 15.5 Å². The fourth-order valence-electron chi connectivity index (χ4n) is 3.42. The van der Waals surface area contributed by atoms with Crippen LogP contribution in [0.4, 0.5) is 5.95 Å². The monoisotopic (exact) mass is 523 g/mol. The van der Waals surface area contributed by atoms with Crippen molar-refractivity contribution in [3.05, 3.63) is 54.4 Å². The summed E-state index contributed by atoms with van der Waals surface area (Å²) in [4.78, 5) is 18.1. The molecule has 7 nitrogen and oxygen atoms in total. The molecule has 2 N–H and O–H groups in total. The number of piperazine rings is 1. The number of rotatable bonds is 9. The third-order valence-electron chi connectivity index (χ3n) is 5.01. The van der Waals surface area contributed by atoms with E-state index in [0.717, 1.165) is 77.1 Å². The summed E-state index contributed by atoms with van der Waals surface area (Å²) in [5, 5.41) is 6.81. The first-order valence-electron chi connectivity index (χ1n) is 10.7. The third-order valence-corrected chi connectivity index (χ3v) is 5.01. The molecule has 1 aromatic heterocycles. The Hall–Kier alpha value is -1.94. The summed E-state index contributed by atoms with van der Waals surface area (Å²) in [5.74, 6) is 1.75. The average molecular weight is 523 g/mol. The molecule has 0 spiro atoms. The van der Waals surface area contributed by atoms with Gasteiger partial charge in [0.05, 0.1) is 0 Å². The maximum Gasteiger partial charge on any atom is 0.225 e. The molecule has 0 saturated carbocycles. The molecule has 3 rings (SSSR count). The summed E-state index contributed by atoms with van der Waals surface area (Å²) < 4.78 is 0. The lowest BCUT2D eigenvalue weighted by Crippen LogP contribution is -2.49. The maximum absolute atomic E-state index is 4.71. The topological polar surface area (TPSA) is 68.7 Å². The summed E-state index contributed by atoms with van der Waals surface area (Å²) in [5.41, 5.74) is 1.38. The summed E-state index contributed by atoms with van der Waals surface area (Å²) in [7, 11) is 0. The maximum atomic E-state index is 4.71. The van der Waals surface area contributed by atoms with Gasteiger partial charge < -0.3 is 15.5 Å². The molecule has 164 valence electrons. The summed E-state index contributed by atoms with van der Waals surface area (Å²) in [6.07, 6.45) is 5.74. The third kappa shape index (κ3) is 8.43. The Labute approximate surface area is 197 Å². The van der Waals surface area contributed by atoms with Gasteiger partial charge in [-0.05, 0) is 31.4 Å². The Kier molecular flexibility index (Phi) is 11.5. The quantitative estimate of drug-likeness (QED) is 0.228. The van der Waals surface area contributed by atoms with Crippen molar-refractivity contribution < 1.29 is 0 Å². The van der Waals surface area contributed by atoms with Gasteiger partial charge in [-0.25, -0.2) is 9.97 Å². The Balaban J connectivity index is 0.00000320. The second-order valence-corrected chi connectivity index (χ2v) is 7.15. The predicted octanol–water partition coefficient (Wildman–Crippen LogP) is 2.40. The fourth-order valence-corrected chi connectivity index (χ4v) is 3.42. The Morgan fingerprint density at radius 3 is 2.43 bits per heavy atom. The van der Waals surface area contributed by atoms with E-state index in [1.807, 2.05) is 6.07 Å². The molecule has 0 bridgehead atoms. The van der Waals surface area contributed by atoms with E-state index < -0.39 is 0 Å². The molecule has 1 aromatic carbocycles. The number of hydrogen-bond donors (Lipinski definition) is 2. The van der Waals surface area contributed by atoms with E-state index in [1.165, 1.54) is 5.56 Å². The lowest BCUT2D eigenvalue weighted by Gasteiger charge is -2.34. The Morgan fingerprint density at radius 2 is 1.73 bits per heavy atom. The molecular weight excluding hydrogens is 489 g/mol. The molecule has 0 radical (unpaired) electrons. The van der Waals surface area contributed by atoms with E-state index in [9.17, 15) is 0 Å². The van der Waals surface area contributed by atoms with Crippen molar-refractivity contribution in [2.45, 2.75) is 19.8 Å². The van der Waals surface area contributed by atoms with Crippen molar-refractivity contribution in [2.75, 3.05) is 57.3 Å². The first-order chi connectivity index (χ1) is 14.3. The van der Waals surface area contributed by atoms with Crippen molar-refractivity contribution in [3.8, 4) is 0 Å². The lowest BCUT2D eigenvalue weighted by molar-refractivity contribution is 0.260. The van der Waals surface area contributed by atoms with E-state index in [2.05, 4.69) is 67.7 Å². The van der Waals surface area contributed by atoms with Crippen molar-refractivity contribution >= 4 is 35.9 Å². The number of nitrogens with one attached hydrogen (secondary N) is 2. The van der Waals surface area contributed by atoms with Crippen LogP contribution in [0.1, 0.15) is 18.9 Å². The van der Waals surface area contributed by atoms with E-state index in [1.54, 1.807) is 12.4 Å². The molecule has 0 amide bonds. The minimum atomic E-state index is 0. The van der Waals surface area contributed by atoms with Gasteiger partial charge in [-0.15, -0.1) is 24.0 Å². The molecule has 1 aliphatic heterocycles. The van der Waals surface area contributed by atoms with Crippen LogP contribution in [0.5, 0.6) is 0 Å². The molecule has 8 heteroatoms. The van der Waals surface area contributed by atoms with E-state index in [-0.39, 0.29) is 24.0 Å². The number of aromatic nitrogens is 2. The number of anilines is 1. The minimum Gasteiger partial charge on any atom is -0.357 e. The first-order valence-corrected chi connectivity index (χ1v) is 10.7. The fraction of sp³-hybridized carbons (Fsp3) is 0.500. The van der Waals surface area contributed by atoms with Crippen molar-refractivity contribution in [2.24, 2.45) is 4.99 Å². The lowest BCUT2D eigenvalue weighted by atomic mass is 10.1. The number of hydrogen-bond acceptors (Lipinski definition) is 5. The number of guanidine groups is 1. The summed E-state index contributed by atoms with van der Waals surface area (Å²) in [6.45, 7) is 9.72. The molecular formula is C22H34IN7. The smallest absolute Gasteiger partial charge is 0.225 e. The molecule has 2 heterocycles. The molecule has 1 saturated heterocycles. The highest BCUT2D eigenvalue weighted by molar-refractivity contribution is 14.0. The second-order valence-electron chi connectivity index (χ2n) is 7.15. The van der Waals surface area contributed by atoms with Gasteiger partial charge in [-0.2, -0.15) is 0 Å². The number of halogens is 1. The molecule has 2 aromatic rings. The van der Waals surface area contributed by atoms with Crippen LogP contribution in [0.2, 0.25) is 0 Å². The van der Waals surface area contributed by atoms with Crippen LogP contribution in [-0.2, 0) is 6.42 Å². The van der Waals surface area contributed by atoms with Crippen molar-refractivity contribution in [1.29, 1.82) is 0 Å². The summed E-state index contributed by atoms with van der Waals surface area (Å²) >= 11 is 0. The average Bonchev–Trinajstić information content (AvgIpc) is 2.78. The molecule has 0 atom stereocenters. The van der Waals surface area contributed by atoms with Crippen LogP contribution in [0, 0.1) is 0 Å². The second kappa shape index (κ2) is 14.1. The van der Waals surface area contributed by atoms with Gasteiger partial charge in [0.15, 0.2) is 5.96 Å². The van der Waals surface area contributed by atoms with E-state index in [0.29, 0.717) is 0 Å². The SMILES string of the molecule is CCNC(=NCCCc1ccccc1)NCCN1CCN(c2ncccn2)CC1.I. The molecule has 0 aliphatic carbocycles. The predicted molar refractivity (Wildman–Crippen MR) is 135 cm³/mol. The van der Waals surface area contributed by atoms with Gasteiger partial charge >= 0.3 is 0 Å². The highest BCUT2D eigenvalue weighted by Crippen LogP contribution is 2.09. The van der Waals surface area contributed by atoms with Gasteiger partial charge in [0.25, 0.3) is 0 Å². The van der Waals surface area contributed by atoms with Gasteiger partial charge in [0, 0.05) is 64.8 Å². The normalized spacial score (nSPS) is 14.8. The van der Waals surface area contributed by atoms with Crippen LogP contribution in [0.3, 0.4) is 0 Å². The van der Waals surface area contributed by atoms with E-state index in [4.69, 9.17) is 4.99 Å². The molecule has 0 unspecified atom stereocenters. The van der Waals surface area contributed by atoms with Gasteiger partial charge in [-0.3, -0.25) is 9.89 Å². The highest BCUT2D eigenvalue weighted by atomic mass is 127. The van der Waals surface area contributed by atoms with Crippen LogP contribution in [-0.4, -0.2) is 73.2 Å². The van der Waals surface area contributed by atoms with Crippen LogP contribution >= 0.6 is 24.0 Å². The van der Waals surface area contributed by atoms with Crippen LogP contribution in [0.15, 0.2) is 53.8 Å². The molecule has 1 fully saturated rings. The largest absolute Gasteiger partial charge is 0.357 e. The standard InChI is InChI=1S/C22H33N7.HI/c1-2-23-21(24-11-6-10-20-8-4-3-5-9-20)25-14-15-28-16-18-29(19-17-28)22-26-12-7-13-27-22;/h3-5,7-9,12-13H,2,6,10-11,14-19H2,1H3,(H2,23,24,25);1H. The van der Waals surface area contributed by atoms with Crippen molar-refractivity contribution in [1.82, 2.24) is 25.5 Å². The minimum absolute atomic E-state index is 0. The van der Waals surface area contributed by atoms with Crippen molar-refractivity contribution in [3.63, 3.8) is 0 Å². The highest BCUT2D eigenvalue weighted by Gasteiger charge is 2.18. The van der Waals surface area contributed by atoms with Crippen LogP contribution in [0.25, 0.3) is 0 Å².